The van der Waals surface area contributed by atoms with Gasteiger partial charge in [0.25, 0.3) is 5.91 Å². The van der Waals surface area contributed by atoms with Crippen LogP contribution in [0.2, 0.25) is 0 Å². The predicted molar refractivity (Wildman–Crippen MR) is 187 cm³/mol. The molecule has 0 aliphatic carbocycles. The van der Waals surface area contributed by atoms with Crippen LogP contribution in [0.3, 0.4) is 0 Å². The van der Waals surface area contributed by atoms with Gasteiger partial charge in [-0.25, -0.2) is 0 Å². The molecule has 0 bridgehead atoms. The Balaban J connectivity index is 1.04. The van der Waals surface area contributed by atoms with Crippen LogP contribution in [0.25, 0.3) is 11.4 Å². The van der Waals surface area contributed by atoms with Gasteiger partial charge >= 0.3 is 0 Å². The highest BCUT2D eigenvalue weighted by Gasteiger charge is 2.50. The maximum atomic E-state index is 12.4. The Hall–Kier alpha value is -3.87. The number of carbonyl (C=O) groups excluding carboxylic acids is 3. The molecule has 4 rings (SSSR count). The van der Waals surface area contributed by atoms with Crippen molar-refractivity contribution in [2.45, 2.75) is 88.4 Å². The van der Waals surface area contributed by atoms with Crippen LogP contribution in [0.1, 0.15) is 36.5 Å². The Morgan fingerprint density at radius 1 is 0.782 bits per heavy atom. The summed E-state index contributed by atoms with van der Waals surface area (Å²) in [5.41, 5.74) is 1.16. The molecule has 8 N–H and O–H groups in total. The number of aliphatic hydroxyl groups excluding tert-OH is 5. The van der Waals surface area contributed by atoms with Crippen molar-refractivity contribution in [2.75, 3.05) is 59.3 Å². The van der Waals surface area contributed by atoms with E-state index in [0.717, 1.165) is 0 Å². The van der Waals surface area contributed by atoms with Crippen molar-refractivity contribution in [3.8, 4) is 11.4 Å². The lowest BCUT2D eigenvalue weighted by atomic mass is 9.92. The highest BCUT2D eigenvalue weighted by Crippen LogP contribution is 2.29. The molecule has 306 valence electrons. The first-order valence-corrected chi connectivity index (χ1v) is 17.9. The first kappa shape index (κ1) is 43.9. The molecule has 55 heavy (non-hydrogen) atoms. The molecule has 0 saturated carbocycles. The maximum absolute atomic E-state index is 12.4. The van der Waals surface area contributed by atoms with Crippen LogP contribution in [0, 0.1) is 6.92 Å². The van der Waals surface area contributed by atoms with Gasteiger partial charge in [-0.2, -0.15) is 0 Å². The smallest absolute Gasteiger partial charge is 0.251 e. The Bertz CT molecular complexity index is 1490. The van der Waals surface area contributed by atoms with E-state index < -0.39 is 79.6 Å². The van der Waals surface area contributed by atoms with Crippen molar-refractivity contribution in [1.29, 1.82) is 0 Å². The van der Waals surface area contributed by atoms with Crippen molar-refractivity contribution in [3.63, 3.8) is 0 Å². The number of hydrogen-bond donors (Lipinski definition) is 8. The van der Waals surface area contributed by atoms with Crippen molar-refractivity contribution in [3.05, 3.63) is 35.7 Å². The summed E-state index contributed by atoms with van der Waals surface area (Å²) in [6, 6.07) is 5.83. The fourth-order valence-corrected chi connectivity index (χ4v) is 5.76. The number of aryl methyl sites for hydroxylation is 1. The molecule has 1 aromatic carbocycles. The van der Waals surface area contributed by atoms with Gasteiger partial charge in [0, 0.05) is 37.6 Å². The number of ether oxygens (including phenoxy) is 6. The van der Waals surface area contributed by atoms with E-state index in [1.807, 2.05) is 0 Å². The number of rotatable bonds is 20. The second kappa shape index (κ2) is 22.0. The van der Waals surface area contributed by atoms with Crippen LogP contribution in [0.5, 0.6) is 0 Å². The number of benzene rings is 1. The minimum absolute atomic E-state index is 0.0322. The third kappa shape index (κ3) is 13.1. The Morgan fingerprint density at radius 2 is 1.42 bits per heavy atom. The zero-order valence-electron chi connectivity index (χ0n) is 30.9. The zero-order valence-corrected chi connectivity index (χ0v) is 30.9. The van der Waals surface area contributed by atoms with E-state index in [-0.39, 0.29) is 45.3 Å². The molecule has 2 saturated heterocycles. The lowest BCUT2D eigenvalue weighted by molar-refractivity contribution is -0.331. The van der Waals surface area contributed by atoms with E-state index in [1.54, 1.807) is 38.1 Å². The maximum Gasteiger partial charge on any atom is 0.251 e. The molecule has 3 heterocycles. The molecule has 2 aliphatic rings. The molecule has 2 aliphatic heterocycles. The van der Waals surface area contributed by atoms with Gasteiger partial charge in [0.1, 0.15) is 42.7 Å². The van der Waals surface area contributed by atoms with E-state index in [1.165, 1.54) is 6.92 Å². The average molecular weight is 782 g/mol. The van der Waals surface area contributed by atoms with Gasteiger partial charge in [0.15, 0.2) is 12.1 Å². The number of carbonyl (C=O) groups is 3. The Kier molecular flexibility index (Phi) is 17.6. The first-order chi connectivity index (χ1) is 26.4. The van der Waals surface area contributed by atoms with Gasteiger partial charge in [-0.3, -0.25) is 14.4 Å². The van der Waals surface area contributed by atoms with Gasteiger partial charge in [0.05, 0.1) is 58.4 Å². The van der Waals surface area contributed by atoms with E-state index in [9.17, 15) is 39.9 Å². The number of amides is 3. The molecule has 21 nitrogen and oxygen atoms in total. The van der Waals surface area contributed by atoms with E-state index in [2.05, 4.69) is 36.3 Å². The van der Waals surface area contributed by atoms with E-state index in [0.29, 0.717) is 42.5 Å². The molecule has 2 fully saturated rings. The monoisotopic (exact) mass is 781 g/mol. The second-order valence-electron chi connectivity index (χ2n) is 12.9. The van der Waals surface area contributed by atoms with Crippen LogP contribution in [0.15, 0.2) is 24.3 Å². The van der Waals surface area contributed by atoms with E-state index in [4.69, 9.17) is 28.4 Å². The SMILES string of the molecule is CC(=O)NC1C(C)OC(CO)C(OC2OC(CNC(=O)CCOCCOCCOCCNC(=O)c3ccc(-c4nnc(C)nn4)cc3)C(O)C(O)C2O)C1O. The van der Waals surface area contributed by atoms with Gasteiger partial charge in [-0.05, 0) is 26.0 Å². The topological polar surface area (TPSA) is 295 Å². The summed E-state index contributed by atoms with van der Waals surface area (Å²) in [5.74, 6) is -0.305. The molecule has 21 heteroatoms. The lowest BCUT2D eigenvalue weighted by Gasteiger charge is -2.47. The molecular weight excluding hydrogens is 730 g/mol. The molecule has 1 aromatic heterocycles. The average Bonchev–Trinajstić information content (AvgIpc) is 3.17. The third-order valence-electron chi connectivity index (χ3n) is 8.71. The number of aliphatic hydroxyl groups is 5. The summed E-state index contributed by atoms with van der Waals surface area (Å²) >= 11 is 0. The normalized spacial score (nSPS) is 28.0. The van der Waals surface area contributed by atoms with Crippen molar-refractivity contribution in [1.82, 2.24) is 36.3 Å². The third-order valence-corrected chi connectivity index (χ3v) is 8.71. The molecule has 3 amide bonds. The van der Waals surface area contributed by atoms with Crippen molar-refractivity contribution >= 4 is 17.7 Å². The highest BCUT2D eigenvalue weighted by atomic mass is 16.7. The van der Waals surface area contributed by atoms with Crippen LogP contribution >= 0.6 is 0 Å². The Labute approximate surface area is 317 Å². The largest absolute Gasteiger partial charge is 0.394 e. The quantitative estimate of drug-likeness (QED) is 0.0601. The van der Waals surface area contributed by atoms with Crippen LogP contribution in [-0.2, 0) is 38.0 Å². The minimum Gasteiger partial charge on any atom is -0.394 e. The zero-order chi connectivity index (χ0) is 39.9. The van der Waals surface area contributed by atoms with Crippen LogP contribution in [-0.4, -0.2) is 184 Å². The lowest BCUT2D eigenvalue weighted by Crippen LogP contribution is -2.67. The van der Waals surface area contributed by atoms with Gasteiger partial charge in [-0.1, -0.05) is 12.1 Å². The first-order valence-electron chi connectivity index (χ1n) is 17.9. The van der Waals surface area contributed by atoms with Crippen LogP contribution < -0.4 is 16.0 Å². The standard InChI is InChI=1S/C34H51N7O14/c1-18-26(37-20(3)43)28(46)31(24(17-42)53-18)55-34-30(48)29(47)27(45)23(54-34)16-36-25(44)8-10-50-12-14-52-15-13-51-11-9-35-33(49)22-6-4-21(5-7-22)32-40-38-19(2)39-41-32/h4-7,18,23-24,26-31,34,42,45-48H,8-17H2,1-3H3,(H,35,49)(H,36,44)(H,37,43). The van der Waals surface area contributed by atoms with Crippen molar-refractivity contribution in [2.24, 2.45) is 0 Å². The fraction of sp³-hybridized carbons (Fsp3) is 0.676. The summed E-state index contributed by atoms with van der Waals surface area (Å²) in [4.78, 5) is 36.4. The summed E-state index contributed by atoms with van der Waals surface area (Å²) < 4.78 is 33.5. The number of aromatic nitrogens is 4. The predicted octanol–water partition coefficient (Wildman–Crippen LogP) is -3.63. The second-order valence-corrected chi connectivity index (χ2v) is 12.9. The molecule has 10 atom stereocenters. The summed E-state index contributed by atoms with van der Waals surface area (Å²) in [6.45, 7) is 5.43. The van der Waals surface area contributed by atoms with Crippen LogP contribution in [0.4, 0.5) is 0 Å². The summed E-state index contributed by atoms with van der Waals surface area (Å²) in [5, 5.41) is 75.9. The fourth-order valence-electron chi connectivity index (χ4n) is 5.76. The Morgan fingerprint density at radius 3 is 2.05 bits per heavy atom. The number of nitrogens with one attached hydrogen (secondary N) is 3. The molecule has 0 radical (unpaired) electrons. The molecular formula is C34H51N7O14. The number of hydrogen-bond acceptors (Lipinski definition) is 18. The van der Waals surface area contributed by atoms with E-state index >= 15 is 0 Å². The molecule has 10 unspecified atom stereocenters. The van der Waals surface area contributed by atoms with Gasteiger partial charge in [-0.15, -0.1) is 20.4 Å². The van der Waals surface area contributed by atoms with Gasteiger partial charge in [0.2, 0.25) is 17.6 Å². The molecule has 2 aromatic rings. The highest BCUT2D eigenvalue weighted by molar-refractivity contribution is 5.94. The summed E-state index contributed by atoms with van der Waals surface area (Å²) in [7, 11) is 0. The summed E-state index contributed by atoms with van der Waals surface area (Å²) in [6.07, 6.45) is -12.4. The number of nitrogens with zero attached hydrogens (tertiary/aromatic N) is 4. The van der Waals surface area contributed by atoms with Gasteiger partial charge < -0.3 is 69.9 Å². The minimum atomic E-state index is -1.75. The molecule has 0 spiro atoms. The van der Waals surface area contributed by atoms with Crippen molar-refractivity contribution < 1.29 is 68.3 Å².